The Hall–Kier alpha value is -4.83. The van der Waals surface area contributed by atoms with Crippen molar-refractivity contribution >= 4 is 39.8 Å². The van der Waals surface area contributed by atoms with Gasteiger partial charge in [-0.2, -0.15) is 5.10 Å². The number of amides is 1. The summed E-state index contributed by atoms with van der Waals surface area (Å²) in [4.78, 5) is 29.2. The van der Waals surface area contributed by atoms with Crippen molar-refractivity contribution in [2.45, 2.75) is 0 Å². The molecule has 0 atom stereocenters. The summed E-state index contributed by atoms with van der Waals surface area (Å²) in [5.41, 5.74) is 4.40. The van der Waals surface area contributed by atoms with Crippen molar-refractivity contribution in [1.82, 2.24) is 24.7 Å². The van der Waals surface area contributed by atoms with E-state index < -0.39 is 0 Å². The smallest absolute Gasteiger partial charge is 0.257 e. The van der Waals surface area contributed by atoms with Crippen LogP contribution in [0.4, 0.5) is 22.9 Å². The first kappa shape index (κ1) is 23.6. The third kappa shape index (κ3) is 4.76. The minimum atomic E-state index is -0.226. The van der Waals surface area contributed by atoms with Crippen LogP contribution in [-0.4, -0.2) is 56.9 Å². The zero-order chi connectivity index (χ0) is 25.9. The van der Waals surface area contributed by atoms with Crippen LogP contribution in [-0.2, 0) is 11.8 Å². The first-order valence-corrected chi connectivity index (χ1v) is 12.4. The fraction of sp³-hybridized carbons (Fsp3) is 0.179. The maximum atomic E-state index is 13.3. The van der Waals surface area contributed by atoms with E-state index in [1.54, 1.807) is 29.3 Å². The summed E-state index contributed by atoms with van der Waals surface area (Å²) in [6, 6.07) is 19.0. The molecule has 38 heavy (non-hydrogen) atoms. The third-order valence-corrected chi connectivity index (χ3v) is 6.44. The average Bonchev–Trinajstić information content (AvgIpc) is 3.35. The van der Waals surface area contributed by atoms with Gasteiger partial charge >= 0.3 is 0 Å². The average molecular weight is 507 g/mol. The van der Waals surface area contributed by atoms with Gasteiger partial charge in [0.1, 0.15) is 5.82 Å². The summed E-state index contributed by atoms with van der Waals surface area (Å²) in [7, 11) is 1.83. The van der Waals surface area contributed by atoms with Gasteiger partial charge in [0.2, 0.25) is 0 Å². The van der Waals surface area contributed by atoms with Gasteiger partial charge < -0.3 is 20.3 Å². The third-order valence-electron chi connectivity index (χ3n) is 6.44. The van der Waals surface area contributed by atoms with Crippen LogP contribution in [0.5, 0.6) is 0 Å². The number of morpholine rings is 1. The largest absolute Gasteiger partial charge is 0.378 e. The molecule has 0 radical (unpaired) electrons. The number of hydrogen-bond acceptors (Lipinski definition) is 8. The lowest BCUT2D eigenvalue weighted by atomic mass is 10.1. The van der Waals surface area contributed by atoms with Gasteiger partial charge in [0, 0.05) is 49.5 Å². The van der Waals surface area contributed by atoms with Crippen LogP contribution in [0, 0.1) is 0 Å². The Labute approximate surface area is 219 Å². The molecule has 1 aliphatic heterocycles. The van der Waals surface area contributed by atoms with Crippen LogP contribution in [0.1, 0.15) is 10.4 Å². The van der Waals surface area contributed by atoms with E-state index in [9.17, 15) is 4.79 Å². The molecule has 4 heterocycles. The number of carbonyl (C=O) groups is 1. The normalized spacial score (nSPS) is 13.4. The number of benzene rings is 2. The standard InChI is InChI=1S/C28H26N8O2/c1-35-27-23(18-30-35)26(33-25(34-27)19-5-4-12-29-17-19)32-24-7-3-2-6-22(24)28(37)31-20-8-10-21(11-9-20)36-13-15-38-16-14-36/h2-12,17-18H,13-16H2,1H3,(H,31,37)(H,32,33,34). The van der Waals surface area contributed by atoms with E-state index in [2.05, 4.69) is 30.6 Å². The van der Waals surface area contributed by atoms with E-state index in [4.69, 9.17) is 9.72 Å². The molecule has 1 fully saturated rings. The molecule has 0 unspecified atom stereocenters. The highest BCUT2D eigenvalue weighted by Crippen LogP contribution is 2.29. The molecular weight excluding hydrogens is 480 g/mol. The number of fused-ring (bicyclic) bond motifs is 1. The summed E-state index contributed by atoms with van der Waals surface area (Å²) in [5, 5.41) is 11.5. The van der Waals surface area contributed by atoms with Crippen LogP contribution < -0.4 is 15.5 Å². The molecule has 0 saturated carbocycles. The van der Waals surface area contributed by atoms with Gasteiger partial charge in [-0.05, 0) is 48.5 Å². The Morgan fingerprint density at radius 2 is 1.76 bits per heavy atom. The van der Waals surface area contributed by atoms with Crippen molar-refractivity contribution in [1.29, 1.82) is 0 Å². The van der Waals surface area contributed by atoms with Gasteiger partial charge in [-0.1, -0.05) is 12.1 Å². The van der Waals surface area contributed by atoms with Crippen LogP contribution in [0.15, 0.2) is 79.3 Å². The first-order chi connectivity index (χ1) is 18.7. The number of anilines is 4. The maximum Gasteiger partial charge on any atom is 0.257 e. The fourth-order valence-electron chi connectivity index (χ4n) is 4.43. The number of nitrogens with zero attached hydrogens (tertiary/aromatic N) is 6. The molecule has 1 aliphatic rings. The number of rotatable bonds is 6. The molecule has 190 valence electrons. The molecule has 1 saturated heterocycles. The van der Waals surface area contributed by atoms with Crippen molar-refractivity contribution in [3.05, 3.63) is 84.8 Å². The Bertz CT molecular complexity index is 1580. The summed E-state index contributed by atoms with van der Waals surface area (Å²) >= 11 is 0. The van der Waals surface area contributed by atoms with Gasteiger partial charge in [-0.25, -0.2) is 9.97 Å². The zero-order valence-electron chi connectivity index (χ0n) is 20.8. The molecule has 2 aromatic carbocycles. The molecule has 0 bridgehead atoms. The number of pyridine rings is 1. The van der Waals surface area contributed by atoms with Crippen LogP contribution in [0.3, 0.4) is 0 Å². The predicted molar refractivity (Wildman–Crippen MR) is 147 cm³/mol. The SMILES string of the molecule is Cn1ncc2c(Nc3ccccc3C(=O)Nc3ccc(N4CCOCC4)cc3)nc(-c3cccnc3)nc21. The number of ether oxygens (including phenoxy) is 1. The summed E-state index contributed by atoms with van der Waals surface area (Å²) in [6.07, 6.45) is 5.13. The van der Waals surface area contributed by atoms with Crippen molar-refractivity contribution in [3.8, 4) is 11.4 Å². The number of para-hydroxylation sites is 1. The highest BCUT2D eigenvalue weighted by Gasteiger charge is 2.17. The number of nitrogens with one attached hydrogen (secondary N) is 2. The van der Waals surface area contributed by atoms with E-state index in [-0.39, 0.29) is 5.91 Å². The lowest BCUT2D eigenvalue weighted by Crippen LogP contribution is -2.36. The quantitative estimate of drug-likeness (QED) is 0.352. The van der Waals surface area contributed by atoms with E-state index in [1.165, 1.54) is 0 Å². The fourth-order valence-corrected chi connectivity index (χ4v) is 4.43. The summed E-state index contributed by atoms with van der Waals surface area (Å²) in [6.45, 7) is 3.17. The molecule has 6 rings (SSSR count). The van der Waals surface area contributed by atoms with Gasteiger partial charge in [0.05, 0.1) is 36.0 Å². The predicted octanol–water partition coefficient (Wildman–Crippen LogP) is 4.26. The van der Waals surface area contributed by atoms with E-state index in [0.29, 0.717) is 28.5 Å². The number of aryl methyl sites for hydroxylation is 1. The van der Waals surface area contributed by atoms with Gasteiger partial charge in [-0.3, -0.25) is 14.5 Å². The Morgan fingerprint density at radius 1 is 0.947 bits per heavy atom. The molecule has 0 spiro atoms. The highest BCUT2D eigenvalue weighted by molar-refractivity contribution is 6.09. The monoisotopic (exact) mass is 506 g/mol. The number of hydrogen-bond donors (Lipinski definition) is 2. The topological polar surface area (TPSA) is 110 Å². The van der Waals surface area contributed by atoms with Gasteiger partial charge in [-0.15, -0.1) is 0 Å². The second kappa shape index (κ2) is 10.3. The zero-order valence-corrected chi connectivity index (χ0v) is 20.8. The van der Waals surface area contributed by atoms with E-state index in [1.807, 2.05) is 61.6 Å². The Kier molecular flexibility index (Phi) is 6.37. The van der Waals surface area contributed by atoms with Gasteiger partial charge in [0.25, 0.3) is 5.91 Å². The molecule has 10 nitrogen and oxygen atoms in total. The summed E-state index contributed by atoms with van der Waals surface area (Å²) in [5.74, 6) is 0.840. The molecule has 5 aromatic rings. The second-order valence-electron chi connectivity index (χ2n) is 8.91. The molecule has 3 aromatic heterocycles. The van der Waals surface area contributed by atoms with Crippen LogP contribution >= 0.6 is 0 Å². The summed E-state index contributed by atoms with van der Waals surface area (Å²) < 4.78 is 7.13. The van der Waals surface area contributed by atoms with Crippen LogP contribution in [0.25, 0.3) is 22.4 Å². The Morgan fingerprint density at radius 3 is 2.55 bits per heavy atom. The lowest BCUT2D eigenvalue weighted by Gasteiger charge is -2.28. The molecule has 2 N–H and O–H groups in total. The molecule has 10 heteroatoms. The minimum absolute atomic E-state index is 0.226. The highest BCUT2D eigenvalue weighted by atomic mass is 16.5. The first-order valence-electron chi connectivity index (χ1n) is 12.4. The molecule has 1 amide bonds. The van der Waals surface area contributed by atoms with Crippen molar-refractivity contribution in [3.63, 3.8) is 0 Å². The minimum Gasteiger partial charge on any atom is -0.378 e. The second-order valence-corrected chi connectivity index (χ2v) is 8.91. The van der Waals surface area contributed by atoms with E-state index >= 15 is 0 Å². The van der Waals surface area contributed by atoms with Crippen molar-refractivity contribution in [2.24, 2.45) is 7.05 Å². The van der Waals surface area contributed by atoms with Crippen molar-refractivity contribution < 1.29 is 9.53 Å². The molecular formula is C28H26N8O2. The Balaban J connectivity index is 1.27. The van der Waals surface area contributed by atoms with E-state index in [0.717, 1.165) is 48.6 Å². The number of carbonyl (C=O) groups excluding carboxylic acids is 1. The van der Waals surface area contributed by atoms with Crippen molar-refractivity contribution in [2.75, 3.05) is 41.8 Å². The maximum absolute atomic E-state index is 13.3. The molecule has 0 aliphatic carbocycles. The number of aromatic nitrogens is 5. The van der Waals surface area contributed by atoms with Gasteiger partial charge in [0.15, 0.2) is 11.5 Å². The van der Waals surface area contributed by atoms with Crippen LogP contribution in [0.2, 0.25) is 0 Å². The lowest BCUT2D eigenvalue weighted by molar-refractivity contribution is 0.102.